The van der Waals surface area contributed by atoms with Crippen molar-refractivity contribution >= 4 is 17.3 Å². The van der Waals surface area contributed by atoms with Gasteiger partial charge in [-0.25, -0.2) is 5.43 Å². The van der Waals surface area contributed by atoms with Gasteiger partial charge in [0.15, 0.2) is 11.5 Å². The highest BCUT2D eigenvalue weighted by molar-refractivity contribution is 5.99. The summed E-state index contributed by atoms with van der Waals surface area (Å²) >= 11 is 0. The van der Waals surface area contributed by atoms with Gasteiger partial charge in [-0.15, -0.1) is 0 Å². The molecule has 2 aromatic carbocycles. The molecule has 0 bridgehead atoms. The first-order valence-corrected chi connectivity index (χ1v) is 10.3. The first-order valence-electron chi connectivity index (χ1n) is 10.3. The van der Waals surface area contributed by atoms with Crippen LogP contribution in [0.1, 0.15) is 38.2 Å². The summed E-state index contributed by atoms with van der Waals surface area (Å²) in [5.41, 5.74) is 5.58. The molecule has 0 aromatic heterocycles. The molecule has 1 fully saturated rings. The van der Waals surface area contributed by atoms with Crippen molar-refractivity contribution in [2.75, 3.05) is 24.6 Å². The van der Waals surface area contributed by atoms with Crippen molar-refractivity contribution in [3.63, 3.8) is 0 Å². The summed E-state index contributed by atoms with van der Waals surface area (Å²) in [5, 5.41) is 4.25. The van der Waals surface area contributed by atoms with Gasteiger partial charge in [0.25, 0.3) is 5.91 Å². The lowest BCUT2D eigenvalue weighted by molar-refractivity contribution is -0.130. The second-order valence-electron chi connectivity index (χ2n) is 7.49. The van der Waals surface area contributed by atoms with E-state index in [0.717, 1.165) is 24.4 Å². The highest BCUT2D eigenvalue weighted by Crippen LogP contribution is 2.30. The zero-order valence-electron chi connectivity index (χ0n) is 16.8. The number of nitrogens with one attached hydrogen (secondary N) is 1. The van der Waals surface area contributed by atoms with Crippen molar-refractivity contribution < 1.29 is 14.3 Å². The fourth-order valence-corrected chi connectivity index (χ4v) is 3.67. The molecule has 2 aliphatic heterocycles. The van der Waals surface area contributed by atoms with Crippen LogP contribution in [0.3, 0.4) is 0 Å². The van der Waals surface area contributed by atoms with Gasteiger partial charge in [-0.3, -0.25) is 4.79 Å². The minimum absolute atomic E-state index is 0.169. The fraction of sp³-hybridized carbons (Fsp3) is 0.391. The van der Waals surface area contributed by atoms with E-state index in [1.54, 1.807) is 6.07 Å². The van der Waals surface area contributed by atoms with Crippen LogP contribution in [0.4, 0.5) is 5.69 Å². The van der Waals surface area contributed by atoms with Crippen LogP contribution < -0.4 is 19.8 Å². The third-order valence-corrected chi connectivity index (χ3v) is 5.39. The molecule has 29 heavy (non-hydrogen) atoms. The molecule has 2 heterocycles. The molecule has 0 radical (unpaired) electrons. The molecule has 6 nitrogen and oxygen atoms in total. The number of nitrogens with zero attached hydrogens (tertiary/aromatic N) is 2. The van der Waals surface area contributed by atoms with Crippen LogP contribution in [-0.4, -0.2) is 37.4 Å². The number of carbonyl (C=O) groups is 1. The van der Waals surface area contributed by atoms with E-state index < -0.39 is 6.10 Å². The van der Waals surface area contributed by atoms with E-state index in [2.05, 4.69) is 39.7 Å². The lowest BCUT2D eigenvalue weighted by Gasteiger charge is -2.24. The number of hydrogen-bond acceptors (Lipinski definition) is 5. The number of ether oxygens (including phenoxy) is 2. The Morgan fingerprint density at radius 2 is 1.69 bits per heavy atom. The first kappa shape index (κ1) is 19.3. The van der Waals surface area contributed by atoms with Gasteiger partial charge in [0.1, 0.15) is 6.61 Å². The number of anilines is 1. The van der Waals surface area contributed by atoms with Gasteiger partial charge in [-0.2, -0.15) is 5.10 Å². The van der Waals surface area contributed by atoms with Crippen LogP contribution >= 0.6 is 0 Å². The van der Waals surface area contributed by atoms with E-state index in [1.807, 2.05) is 25.1 Å². The van der Waals surface area contributed by atoms with Crippen LogP contribution in [0.5, 0.6) is 11.5 Å². The molecule has 1 amide bonds. The quantitative estimate of drug-likeness (QED) is 0.635. The molecule has 4 rings (SSSR count). The summed E-state index contributed by atoms with van der Waals surface area (Å²) < 4.78 is 11.3. The van der Waals surface area contributed by atoms with E-state index in [9.17, 15) is 4.79 Å². The molecule has 1 saturated heterocycles. The van der Waals surface area contributed by atoms with Crippen LogP contribution in [-0.2, 0) is 4.79 Å². The predicted octanol–water partition coefficient (Wildman–Crippen LogP) is 3.75. The average molecular weight is 393 g/mol. The third kappa shape index (κ3) is 4.70. The number of hydrogen-bond donors (Lipinski definition) is 1. The molecule has 1 atom stereocenters. The van der Waals surface area contributed by atoms with Crippen molar-refractivity contribution in [2.24, 2.45) is 5.10 Å². The van der Waals surface area contributed by atoms with Gasteiger partial charge in [-0.05, 0) is 49.6 Å². The normalized spacial score (nSPS) is 19.4. The summed E-state index contributed by atoms with van der Waals surface area (Å²) in [5.74, 6) is 0.907. The molecule has 6 heteroatoms. The lowest BCUT2D eigenvalue weighted by Crippen LogP contribution is -2.42. The highest BCUT2D eigenvalue weighted by Gasteiger charge is 2.27. The van der Waals surface area contributed by atoms with Gasteiger partial charge in [0, 0.05) is 18.8 Å². The third-order valence-electron chi connectivity index (χ3n) is 5.39. The summed E-state index contributed by atoms with van der Waals surface area (Å²) in [7, 11) is 0. The minimum atomic E-state index is -0.716. The van der Waals surface area contributed by atoms with E-state index in [-0.39, 0.29) is 12.5 Å². The van der Waals surface area contributed by atoms with Crippen molar-refractivity contribution in [1.29, 1.82) is 0 Å². The number of fused-ring (bicyclic) bond motifs is 1. The number of hydrazone groups is 1. The summed E-state index contributed by atoms with van der Waals surface area (Å²) in [6.45, 7) is 4.29. The molecule has 0 spiro atoms. The van der Waals surface area contributed by atoms with E-state index >= 15 is 0 Å². The maximum Gasteiger partial charge on any atom is 0.284 e. The predicted molar refractivity (Wildman–Crippen MR) is 114 cm³/mol. The largest absolute Gasteiger partial charge is 0.485 e. The summed E-state index contributed by atoms with van der Waals surface area (Å²) in [6.07, 6.45) is 4.44. The van der Waals surface area contributed by atoms with Gasteiger partial charge >= 0.3 is 0 Å². The molecular weight excluding hydrogens is 366 g/mol. The van der Waals surface area contributed by atoms with E-state index in [0.29, 0.717) is 11.5 Å². The Morgan fingerprint density at radius 3 is 2.41 bits per heavy atom. The van der Waals surface area contributed by atoms with E-state index in [1.165, 1.54) is 31.4 Å². The van der Waals surface area contributed by atoms with Gasteiger partial charge in [-0.1, -0.05) is 37.1 Å². The maximum atomic E-state index is 12.4. The van der Waals surface area contributed by atoms with Crippen LogP contribution in [0.2, 0.25) is 0 Å². The van der Waals surface area contributed by atoms with Crippen LogP contribution in [0.25, 0.3) is 0 Å². The number of para-hydroxylation sites is 2. The van der Waals surface area contributed by atoms with Crippen molar-refractivity contribution in [3.8, 4) is 11.5 Å². The topological polar surface area (TPSA) is 63.2 Å². The summed E-state index contributed by atoms with van der Waals surface area (Å²) in [4.78, 5) is 14.9. The fourth-order valence-electron chi connectivity index (χ4n) is 3.67. The molecule has 1 N–H and O–H groups in total. The Morgan fingerprint density at radius 1 is 1.00 bits per heavy atom. The number of benzene rings is 2. The first-order chi connectivity index (χ1) is 14.2. The second-order valence-corrected chi connectivity index (χ2v) is 7.49. The smallest absolute Gasteiger partial charge is 0.284 e. The molecule has 2 aliphatic rings. The Labute approximate surface area is 171 Å². The van der Waals surface area contributed by atoms with Crippen molar-refractivity contribution in [2.45, 2.75) is 38.7 Å². The Balaban J connectivity index is 1.35. The standard InChI is InChI=1S/C23H27N3O3/c1-17(18-10-12-19(13-11-18)26-14-6-2-3-7-15-26)24-25-23(27)22-16-28-20-8-4-5-9-21(20)29-22/h4-5,8-13,22H,2-3,6-7,14-16H2,1H3,(H,25,27)/b24-17-/t22-/m1/s1. The van der Waals surface area contributed by atoms with Crippen molar-refractivity contribution in [3.05, 3.63) is 54.1 Å². The van der Waals surface area contributed by atoms with E-state index in [4.69, 9.17) is 9.47 Å². The zero-order valence-corrected chi connectivity index (χ0v) is 16.8. The zero-order chi connectivity index (χ0) is 20.1. The molecule has 0 saturated carbocycles. The molecular formula is C23H27N3O3. The van der Waals surface area contributed by atoms with Crippen LogP contribution in [0.15, 0.2) is 53.6 Å². The monoisotopic (exact) mass is 393 g/mol. The number of rotatable bonds is 4. The minimum Gasteiger partial charge on any atom is -0.485 e. The number of carbonyl (C=O) groups excluding carboxylic acids is 1. The molecule has 152 valence electrons. The average Bonchev–Trinajstić information content (AvgIpc) is 3.06. The van der Waals surface area contributed by atoms with Gasteiger partial charge < -0.3 is 14.4 Å². The summed E-state index contributed by atoms with van der Waals surface area (Å²) in [6, 6.07) is 15.7. The lowest BCUT2D eigenvalue weighted by atomic mass is 10.1. The Kier molecular flexibility index (Phi) is 5.98. The molecule has 2 aromatic rings. The van der Waals surface area contributed by atoms with Gasteiger partial charge in [0.2, 0.25) is 6.10 Å². The van der Waals surface area contributed by atoms with Gasteiger partial charge in [0.05, 0.1) is 5.71 Å². The Bertz CT molecular complexity index is 871. The molecule has 0 unspecified atom stereocenters. The van der Waals surface area contributed by atoms with Crippen LogP contribution in [0, 0.1) is 0 Å². The SMILES string of the molecule is C/C(=N/NC(=O)[C@H]1COc2ccccc2O1)c1ccc(N2CCCCCC2)cc1. The second kappa shape index (κ2) is 8.99. The van der Waals surface area contributed by atoms with Crippen molar-refractivity contribution in [1.82, 2.24) is 5.43 Å². The number of amides is 1. The highest BCUT2D eigenvalue weighted by atomic mass is 16.6. The molecule has 0 aliphatic carbocycles. The Hall–Kier alpha value is -3.02. The maximum absolute atomic E-state index is 12.4.